The Morgan fingerprint density at radius 2 is 1.89 bits per heavy atom. The van der Waals surface area contributed by atoms with Gasteiger partial charge < -0.3 is 10.4 Å². The number of phenols is 1. The van der Waals surface area contributed by atoms with Crippen LogP contribution in [0.1, 0.15) is 19.0 Å². The Hall–Kier alpha value is -3.12. The molecule has 2 heterocycles. The third-order valence-electron chi connectivity index (χ3n) is 4.48. The molecule has 2 aromatic carbocycles. The van der Waals surface area contributed by atoms with Crippen molar-refractivity contribution >= 4 is 34.1 Å². The molecule has 2 N–H and O–H groups in total. The zero-order chi connectivity index (χ0) is 19.7. The van der Waals surface area contributed by atoms with Crippen molar-refractivity contribution in [3.63, 3.8) is 0 Å². The van der Waals surface area contributed by atoms with Crippen LogP contribution in [0.25, 0.3) is 22.4 Å². The monoisotopic (exact) mass is 393 g/mol. The van der Waals surface area contributed by atoms with Crippen LogP contribution in [0.3, 0.4) is 0 Å². The van der Waals surface area contributed by atoms with Crippen LogP contribution < -0.4 is 5.32 Å². The SMILES string of the molecule is CCCc1nn(C)c2c(Nc3ccc(O)c(Cl)c3)nc(-c3ccccc3)nc12. The summed E-state index contributed by atoms with van der Waals surface area (Å²) in [7, 11) is 1.89. The number of rotatable bonds is 5. The van der Waals surface area contributed by atoms with Crippen molar-refractivity contribution in [3.8, 4) is 17.1 Å². The summed E-state index contributed by atoms with van der Waals surface area (Å²) in [6, 6.07) is 14.8. The van der Waals surface area contributed by atoms with E-state index in [2.05, 4.69) is 17.3 Å². The summed E-state index contributed by atoms with van der Waals surface area (Å²) in [5.74, 6) is 1.31. The van der Waals surface area contributed by atoms with E-state index in [9.17, 15) is 5.11 Å². The van der Waals surface area contributed by atoms with Crippen molar-refractivity contribution in [3.05, 3.63) is 59.2 Å². The molecule has 0 amide bonds. The third-order valence-corrected chi connectivity index (χ3v) is 4.78. The average molecular weight is 394 g/mol. The molecule has 7 heteroatoms. The lowest BCUT2D eigenvalue weighted by Crippen LogP contribution is -2.02. The first-order chi connectivity index (χ1) is 13.6. The summed E-state index contributed by atoms with van der Waals surface area (Å²) < 4.78 is 1.81. The van der Waals surface area contributed by atoms with Gasteiger partial charge in [0.1, 0.15) is 16.8 Å². The van der Waals surface area contributed by atoms with Gasteiger partial charge in [-0.05, 0) is 24.6 Å². The lowest BCUT2D eigenvalue weighted by molar-refractivity contribution is 0.475. The van der Waals surface area contributed by atoms with E-state index in [1.807, 2.05) is 37.4 Å². The van der Waals surface area contributed by atoms with Crippen LogP contribution in [0.5, 0.6) is 5.75 Å². The molecule has 0 fully saturated rings. The average Bonchev–Trinajstić information content (AvgIpc) is 3.01. The number of anilines is 2. The molecule has 0 bridgehead atoms. The second-order valence-electron chi connectivity index (χ2n) is 6.57. The van der Waals surface area contributed by atoms with Crippen LogP contribution in [0.4, 0.5) is 11.5 Å². The molecule has 28 heavy (non-hydrogen) atoms. The number of nitrogens with zero attached hydrogens (tertiary/aromatic N) is 4. The summed E-state index contributed by atoms with van der Waals surface area (Å²) in [6.07, 6.45) is 1.82. The Labute approximate surface area is 167 Å². The standard InChI is InChI=1S/C21H20ClN5O/c1-3-7-16-18-19(27(2)26-16)21(23-14-10-11-17(28)15(22)12-14)25-20(24-18)13-8-5-4-6-9-13/h4-6,8-12,28H,3,7H2,1-2H3,(H,23,24,25). The first kappa shape index (κ1) is 18.3. The highest BCUT2D eigenvalue weighted by Gasteiger charge is 2.18. The molecule has 0 aliphatic carbocycles. The zero-order valence-electron chi connectivity index (χ0n) is 15.6. The van der Waals surface area contributed by atoms with Gasteiger partial charge >= 0.3 is 0 Å². The van der Waals surface area contributed by atoms with E-state index in [1.54, 1.807) is 22.9 Å². The lowest BCUT2D eigenvalue weighted by atomic mass is 10.2. The van der Waals surface area contributed by atoms with Gasteiger partial charge in [-0.15, -0.1) is 0 Å². The highest BCUT2D eigenvalue weighted by atomic mass is 35.5. The van der Waals surface area contributed by atoms with Crippen molar-refractivity contribution in [1.82, 2.24) is 19.7 Å². The fourth-order valence-electron chi connectivity index (χ4n) is 3.17. The molecule has 0 spiro atoms. The molecule has 6 nitrogen and oxygen atoms in total. The maximum Gasteiger partial charge on any atom is 0.162 e. The largest absolute Gasteiger partial charge is 0.506 e. The molecule has 0 saturated carbocycles. The normalized spacial score (nSPS) is 11.1. The molecule has 2 aromatic heterocycles. The summed E-state index contributed by atoms with van der Waals surface area (Å²) in [6.45, 7) is 2.12. The quantitative estimate of drug-likeness (QED) is 0.462. The third kappa shape index (κ3) is 3.39. The number of aryl methyl sites for hydroxylation is 2. The Balaban J connectivity index is 1.90. The molecule has 4 rings (SSSR count). The van der Waals surface area contributed by atoms with Crippen molar-refractivity contribution in [1.29, 1.82) is 0 Å². The van der Waals surface area contributed by atoms with Crippen LogP contribution in [0.2, 0.25) is 5.02 Å². The van der Waals surface area contributed by atoms with Gasteiger partial charge in [0.05, 0.1) is 10.7 Å². The molecule has 4 aromatic rings. The lowest BCUT2D eigenvalue weighted by Gasteiger charge is -2.11. The maximum atomic E-state index is 9.68. The first-order valence-corrected chi connectivity index (χ1v) is 9.49. The summed E-state index contributed by atoms with van der Waals surface area (Å²) in [4.78, 5) is 9.58. The number of fused-ring (bicyclic) bond motifs is 1. The molecule has 0 saturated heterocycles. The number of nitrogens with one attached hydrogen (secondary N) is 1. The van der Waals surface area contributed by atoms with Crippen molar-refractivity contribution in [2.75, 3.05) is 5.32 Å². The number of halogens is 1. The molecular weight excluding hydrogens is 374 g/mol. The van der Waals surface area contributed by atoms with Gasteiger partial charge in [0.15, 0.2) is 11.6 Å². The van der Waals surface area contributed by atoms with Gasteiger partial charge in [-0.3, -0.25) is 4.68 Å². The predicted molar refractivity (Wildman–Crippen MR) is 112 cm³/mol. The van der Waals surface area contributed by atoms with E-state index in [4.69, 9.17) is 21.6 Å². The summed E-state index contributed by atoms with van der Waals surface area (Å²) in [5.41, 5.74) is 4.27. The highest BCUT2D eigenvalue weighted by molar-refractivity contribution is 6.32. The van der Waals surface area contributed by atoms with Gasteiger partial charge in [-0.25, -0.2) is 9.97 Å². The minimum atomic E-state index is 0.0378. The predicted octanol–water partition coefficient (Wildman–Crippen LogP) is 5.09. The van der Waals surface area contributed by atoms with Gasteiger partial charge in [-0.1, -0.05) is 55.3 Å². The summed E-state index contributed by atoms with van der Waals surface area (Å²) in [5, 5.41) is 17.9. The molecular formula is C21H20ClN5O. The molecule has 0 aliphatic heterocycles. The minimum Gasteiger partial charge on any atom is -0.506 e. The topological polar surface area (TPSA) is 75.9 Å². The number of aromatic hydroxyl groups is 1. The first-order valence-electron chi connectivity index (χ1n) is 9.11. The van der Waals surface area contributed by atoms with E-state index in [1.165, 1.54) is 0 Å². The highest BCUT2D eigenvalue weighted by Crippen LogP contribution is 2.32. The van der Waals surface area contributed by atoms with Crippen molar-refractivity contribution < 1.29 is 5.11 Å². The molecule has 0 atom stereocenters. The number of hydrogen-bond donors (Lipinski definition) is 2. The minimum absolute atomic E-state index is 0.0378. The van der Waals surface area contributed by atoms with Crippen molar-refractivity contribution in [2.24, 2.45) is 7.05 Å². The number of benzene rings is 2. The Morgan fingerprint density at radius 3 is 2.61 bits per heavy atom. The van der Waals surface area contributed by atoms with Crippen LogP contribution >= 0.6 is 11.6 Å². The van der Waals surface area contributed by atoms with Crippen LogP contribution in [0, 0.1) is 0 Å². The molecule has 0 unspecified atom stereocenters. The maximum absolute atomic E-state index is 9.68. The Kier molecular flexibility index (Phi) is 4.88. The molecule has 142 valence electrons. The second kappa shape index (κ2) is 7.48. The van der Waals surface area contributed by atoms with Gasteiger partial charge in [-0.2, -0.15) is 5.10 Å². The number of aromatic nitrogens is 4. The van der Waals surface area contributed by atoms with E-state index in [-0.39, 0.29) is 10.8 Å². The fraction of sp³-hybridized carbons (Fsp3) is 0.190. The van der Waals surface area contributed by atoms with Crippen LogP contribution in [-0.2, 0) is 13.5 Å². The fourth-order valence-corrected chi connectivity index (χ4v) is 3.35. The molecule has 0 aliphatic rings. The van der Waals surface area contributed by atoms with Crippen LogP contribution in [-0.4, -0.2) is 24.9 Å². The van der Waals surface area contributed by atoms with Gasteiger partial charge in [0, 0.05) is 18.3 Å². The van der Waals surface area contributed by atoms with Gasteiger partial charge in [0.25, 0.3) is 0 Å². The number of phenolic OH excluding ortho intramolecular Hbond substituents is 1. The smallest absolute Gasteiger partial charge is 0.162 e. The summed E-state index contributed by atoms with van der Waals surface area (Å²) >= 11 is 6.06. The van der Waals surface area contributed by atoms with Crippen LogP contribution in [0.15, 0.2) is 48.5 Å². The Morgan fingerprint density at radius 1 is 1.11 bits per heavy atom. The number of hydrogen-bond acceptors (Lipinski definition) is 5. The second-order valence-corrected chi connectivity index (χ2v) is 6.98. The molecule has 0 radical (unpaired) electrons. The Bertz CT molecular complexity index is 1140. The van der Waals surface area contributed by atoms with Crippen molar-refractivity contribution in [2.45, 2.75) is 19.8 Å². The van der Waals surface area contributed by atoms with E-state index < -0.39 is 0 Å². The van der Waals surface area contributed by atoms with Gasteiger partial charge in [0.2, 0.25) is 0 Å². The zero-order valence-corrected chi connectivity index (χ0v) is 16.4. The van der Waals surface area contributed by atoms with E-state index in [0.717, 1.165) is 40.8 Å². The van der Waals surface area contributed by atoms with E-state index >= 15 is 0 Å². The van der Waals surface area contributed by atoms with E-state index in [0.29, 0.717) is 11.6 Å².